The molecule has 0 spiro atoms. The number of benzene rings is 1. The van der Waals surface area contributed by atoms with Crippen LogP contribution in [0, 0.1) is 0 Å². The topological polar surface area (TPSA) is 52.1 Å². The Hall–Kier alpha value is -1.06. The summed E-state index contributed by atoms with van der Waals surface area (Å²) in [6.45, 7) is 17.7. The van der Waals surface area contributed by atoms with Gasteiger partial charge in [-0.3, -0.25) is 0 Å². The quantitative estimate of drug-likeness (QED) is 0.237. The zero-order valence-electron chi connectivity index (χ0n) is 20.0. The largest absolute Gasteiger partial charge is 0.492 e. The summed E-state index contributed by atoms with van der Waals surface area (Å²) < 4.78 is 5.88. The number of nitrogens with one attached hydrogen (secondary N) is 2. The molecule has 1 aliphatic heterocycles. The molecule has 6 nitrogen and oxygen atoms in total. The van der Waals surface area contributed by atoms with Crippen molar-refractivity contribution >= 4 is 29.9 Å². The molecule has 1 aromatic carbocycles. The van der Waals surface area contributed by atoms with Crippen molar-refractivity contribution in [3.63, 3.8) is 0 Å². The number of nitrogens with zero attached hydrogens (tertiary/aromatic N) is 3. The van der Waals surface area contributed by atoms with Crippen LogP contribution in [0.1, 0.15) is 52.5 Å². The number of aliphatic imine (C=N–C) groups is 1. The monoisotopic (exact) mass is 545 g/mol. The Morgan fingerprint density at radius 1 is 1.10 bits per heavy atom. The van der Waals surface area contributed by atoms with Crippen molar-refractivity contribution < 1.29 is 4.74 Å². The van der Waals surface area contributed by atoms with Crippen LogP contribution < -0.4 is 15.4 Å². The third-order valence-electron chi connectivity index (χ3n) is 5.73. The molecule has 0 bridgehead atoms. The average Bonchev–Trinajstić information content (AvgIpc) is 2.77. The SMILES string of the molecule is CCCN1CCC(NC(=NCc2ccc(OCCN(CC)CC)cc2)NCC)CC1.I. The van der Waals surface area contributed by atoms with Gasteiger partial charge in [-0.1, -0.05) is 32.9 Å². The lowest BCUT2D eigenvalue weighted by atomic mass is 10.1. The zero-order chi connectivity index (χ0) is 21.6. The van der Waals surface area contributed by atoms with E-state index < -0.39 is 0 Å². The highest BCUT2D eigenvalue weighted by Gasteiger charge is 2.19. The van der Waals surface area contributed by atoms with Gasteiger partial charge in [0, 0.05) is 32.2 Å². The number of rotatable bonds is 12. The average molecular weight is 546 g/mol. The van der Waals surface area contributed by atoms with Gasteiger partial charge in [-0.2, -0.15) is 0 Å². The molecule has 1 heterocycles. The van der Waals surface area contributed by atoms with Crippen LogP contribution in [0.15, 0.2) is 29.3 Å². The van der Waals surface area contributed by atoms with Crippen molar-refractivity contribution in [2.75, 3.05) is 52.4 Å². The number of ether oxygens (including phenoxy) is 1. The molecular formula is C24H44IN5O. The third kappa shape index (κ3) is 10.9. The predicted molar refractivity (Wildman–Crippen MR) is 143 cm³/mol. The molecule has 7 heteroatoms. The Labute approximate surface area is 207 Å². The molecule has 0 atom stereocenters. The first-order chi connectivity index (χ1) is 14.7. The van der Waals surface area contributed by atoms with Gasteiger partial charge < -0.3 is 25.2 Å². The molecule has 2 rings (SSSR count). The summed E-state index contributed by atoms with van der Waals surface area (Å²) >= 11 is 0. The number of guanidine groups is 1. The van der Waals surface area contributed by atoms with Crippen LogP contribution in [-0.4, -0.2) is 74.2 Å². The lowest BCUT2D eigenvalue weighted by molar-refractivity contribution is 0.206. The van der Waals surface area contributed by atoms with Crippen molar-refractivity contribution in [2.24, 2.45) is 4.99 Å². The molecule has 0 aliphatic carbocycles. The van der Waals surface area contributed by atoms with Gasteiger partial charge in [0.05, 0.1) is 6.54 Å². The molecule has 0 aromatic heterocycles. The fraction of sp³-hybridized carbons (Fsp3) is 0.708. The lowest BCUT2D eigenvalue weighted by Gasteiger charge is -2.32. The fourth-order valence-electron chi connectivity index (χ4n) is 3.82. The molecule has 0 radical (unpaired) electrons. The zero-order valence-corrected chi connectivity index (χ0v) is 22.4. The molecule has 1 fully saturated rings. The summed E-state index contributed by atoms with van der Waals surface area (Å²) in [5, 5.41) is 7.03. The van der Waals surface area contributed by atoms with Crippen molar-refractivity contribution in [1.82, 2.24) is 20.4 Å². The summed E-state index contributed by atoms with van der Waals surface area (Å²) in [4.78, 5) is 9.73. The van der Waals surface area contributed by atoms with E-state index in [0.717, 1.165) is 44.5 Å². The predicted octanol–water partition coefficient (Wildman–Crippen LogP) is 3.95. The number of hydrogen-bond acceptors (Lipinski definition) is 4. The maximum Gasteiger partial charge on any atom is 0.191 e. The van der Waals surface area contributed by atoms with E-state index in [9.17, 15) is 0 Å². The van der Waals surface area contributed by atoms with Crippen molar-refractivity contribution in [2.45, 2.75) is 59.5 Å². The van der Waals surface area contributed by atoms with E-state index in [1.54, 1.807) is 0 Å². The van der Waals surface area contributed by atoms with Crippen molar-refractivity contribution in [1.29, 1.82) is 0 Å². The van der Waals surface area contributed by atoms with E-state index in [2.05, 4.69) is 72.4 Å². The lowest BCUT2D eigenvalue weighted by Crippen LogP contribution is -2.48. The summed E-state index contributed by atoms with van der Waals surface area (Å²) in [7, 11) is 0. The van der Waals surface area contributed by atoms with Gasteiger partial charge in [-0.25, -0.2) is 4.99 Å². The summed E-state index contributed by atoms with van der Waals surface area (Å²) in [6.07, 6.45) is 3.61. The number of hydrogen-bond donors (Lipinski definition) is 2. The molecule has 0 unspecified atom stereocenters. The van der Waals surface area contributed by atoms with Crippen LogP contribution in [-0.2, 0) is 6.54 Å². The van der Waals surface area contributed by atoms with Gasteiger partial charge in [0.2, 0.25) is 0 Å². The highest BCUT2D eigenvalue weighted by atomic mass is 127. The summed E-state index contributed by atoms with van der Waals surface area (Å²) in [5.41, 5.74) is 1.20. The van der Waals surface area contributed by atoms with E-state index in [1.807, 2.05) is 0 Å². The molecule has 31 heavy (non-hydrogen) atoms. The number of piperidine rings is 1. The number of likely N-dealkylation sites (tertiary alicyclic amines) is 1. The first-order valence-corrected chi connectivity index (χ1v) is 11.9. The Balaban J connectivity index is 0.00000480. The maximum absolute atomic E-state index is 5.88. The molecule has 0 saturated carbocycles. The minimum atomic E-state index is 0. The first kappa shape index (κ1) is 28.0. The van der Waals surface area contributed by atoms with Gasteiger partial charge in [0.15, 0.2) is 5.96 Å². The Kier molecular flexibility index (Phi) is 14.9. The minimum absolute atomic E-state index is 0. The van der Waals surface area contributed by atoms with Gasteiger partial charge in [-0.05, 0) is 63.5 Å². The first-order valence-electron chi connectivity index (χ1n) is 11.9. The van der Waals surface area contributed by atoms with Crippen LogP contribution in [0.2, 0.25) is 0 Å². The fourth-order valence-corrected chi connectivity index (χ4v) is 3.82. The van der Waals surface area contributed by atoms with Crippen LogP contribution in [0.3, 0.4) is 0 Å². The van der Waals surface area contributed by atoms with Crippen LogP contribution in [0.5, 0.6) is 5.75 Å². The maximum atomic E-state index is 5.88. The number of halogens is 1. The van der Waals surface area contributed by atoms with Crippen molar-refractivity contribution in [3.8, 4) is 5.75 Å². The second-order valence-electron chi connectivity index (χ2n) is 7.97. The normalized spacial score (nSPS) is 15.6. The van der Waals surface area contributed by atoms with Gasteiger partial charge in [-0.15, -0.1) is 24.0 Å². The second-order valence-corrected chi connectivity index (χ2v) is 7.97. The number of likely N-dealkylation sites (N-methyl/N-ethyl adjacent to an activating group) is 1. The smallest absolute Gasteiger partial charge is 0.191 e. The second kappa shape index (κ2) is 16.6. The molecule has 1 aliphatic rings. The highest BCUT2D eigenvalue weighted by Crippen LogP contribution is 2.13. The Morgan fingerprint density at radius 2 is 1.77 bits per heavy atom. The van der Waals surface area contributed by atoms with Gasteiger partial charge in [0.25, 0.3) is 0 Å². The standard InChI is InChI=1S/C24H43N5O.HI/c1-5-15-29-16-13-22(14-17-29)27-24(25-6-2)26-20-21-9-11-23(12-10-21)30-19-18-28(7-3)8-4;/h9-12,22H,5-8,13-20H2,1-4H3,(H2,25,26,27);1H. The highest BCUT2D eigenvalue weighted by molar-refractivity contribution is 14.0. The molecular weight excluding hydrogens is 501 g/mol. The van der Waals surface area contributed by atoms with E-state index >= 15 is 0 Å². The van der Waals surface area contributed by atoms with Crippen LogP contribution in [0.25, 0.3) is 0 Å². The third-order valence-corrected chi connectivity index (χ3v) is 5.73. The van der Waals surface area contributed by atoms with Gasteiger partial charge >= 0.3 is 0 Å². The molecule has 1 aromatic rings. The Morgan fingerprint density at radius 3 is 2.35 bits per heavy atom. The van der Waals surface area contributed by atoms with Crippen molar-refractivity contribution in [3.05, 3.63) is 29.8 Å². The van der Waals surface area contributed by atoms with Gasteiger partial charge in [0.1, 0.15) is 12.4 Å². The van der Waals surface area contributed by atoms with Crippen LogP contribution >= 0.6 is 24.0 Å². The van der Waals surface area contributed by atoms with E-state index in [4.69, 9.17) is 9.73 Å². The van der Waals surface area contributed by atoms with E-state index in [-0.39, 0.29) is 24.0 Å². The van der Waals surface area contributed by atoms with Crippen LogP contribution in [0.4, 0.5) is 0 Å². The minimum Gasteiger partial charge on any atom is -0.492 e. The summed E-state index contributed by atoms with van der Waals surface area (Å²) in [6, 6.07) is 8.84. The Bertz CT molecular complexity index is 598. The summed E-state index contributed by atoms with van der Waals surface area (Å²) in [5.74, 6) is 1.85. The molecule has 178 valence electrons. The molecule has 1 saturated heterocycles. The molecule has 0 amide bonds. The van der Waals surface area contributed by atoms with E-state index in [1.165, 1.54) is 44.5 Å². The molecule has 2 N–H and O–H groups in total. The van der Waals surface area contributed by atoms with E-state index in [0.29, 0.717) is 12.6 Å².